The van der Waals surface area contributed by atoms with E-state index in [-0.39, 0.29) is 35.1 Å². The zero-order valence-electron chi connectivity index (χ0n) is 15.9. The van der Waals surface area contributed by atoms with Crippen LogP contribution in [0, 0.1) is 0 Å². The van der Waals surface area contributed by atoms with Gasteiger partial charge in [-0.3, -0.25) is 4.79 Å². The SMILES string of the molecule is CC1CN(S(=O)(=O)c2ccc(C(=O)NC3CCC(N)CC3)cc2)CC(C)O1. The number of carbonyl (C=O) groups is 1. The van der Waals surface area contributed by atoms with Crippen LogP contribution in [-0.2, 0) is 14.8 Å². The second-order valence-electron chi connectivity index (χ2n) is 7.69. The summed E-state index contributed by atoms with van der Waals surface area (Å²) in [5.41, 5.74) is 6.36. The second kappa shape index (κ2) is 8.26. The quantitative estimate of drug-likeness (QED) is 0.804. The van der Waals surface area contributed by atoms with Crippen molar-refractivity contribution in [2.24, 2.45) is 5.73 Å². The summed E-state index contributed by atoms with van der Waals surface area (Å²) in [6.45, 7) is 4.39. The van der Waals surface area contributed by atoms with Crippen molar-refractivity contribution in [1.82, 2.24) is 9.62 Å². The summed E-state index contributed by atoms with van der Waals surface area (Å²) in [5.74, 6) is -0.173. The van der Waals surface area contributed by atoms with Crippen molar-refractivity contribution < 1.29 is 17.9 Å². The summed E-state index contributed by atoms with van der Waals surface area (Å²) >= 11 is 0. The Balaban J connectivity index is 1.66. The molecule has 2 fully saturated rings. The minimum atomic E-state index is -3.60. The molecule has 0 aromatic heterocycles. The lowest BCUT2D eigenvalue weighted by atomic mass is 9.91. The Morgan fingerprint density at radius 3 is 2.19 bits per heavy atom. The Labute approximate surface area is 161 Å². The highest BCUT2D eigenvalue weighted by molar-refractivity contribution is 7.89. The van der Waals surface area contributed by atoms with E-state index in [2.05, 4.69) is 5.32 Å². The van der Waals surface area contributed by atoms with Gasteiger partial charge in [-0.25, -0.2) is 8.42 Å². The van der Waals surface area contributed by atoms with E-state index in [1.165, 1.54) is 16.4 Å². The summed E-state index contributed by atoms with van der Waals surface area (Å²) in [5, 5.41) is 3.02. The van der Waals surface area contributed by atoms with Crippen LogP contribution >= 0.6 is 0 Å². The predicted molar refractivity (Wildman–Crippen MR) is 103 cm³/mol. The molecule has 1 aromatic rings. The molecule has 0 bridgehead atoms. The van der Waals surface area contributed by atoms with Crippen LogP contribution < -0.4 is 11.1 Å². The number of benzene rings is 1. The number of nitrogens with two attached hydrogens (primary N) is 1. The molecule has 1 saturated carbocycles. The molecule has 2 atom stereocenters. The van der Waals surface area contributed by atoms with Gasteiger partial charge in [0.25, 0.3) is 5.91 Å². The fourth-order valence-corrected chi connectivity index (χ4v) is 5.38. The molecule has 7 nitrogen and oxygen atoms in total. The number of amides is 1. The molecule has 1 aliphatic carbocycles. The highest BCUT2D eigenvalue weighted by atomic mass is 32.2. The molecule has 1 aliphatic heterocycles. The molecule has 3 rings (SSSR count). The first-order valence-corrected chi connectivity index (χ1v) is 11.0. The normalized spacial score (nSPS) is 30.0. The van der Waals surface area contributed by atoms with E-state index in [9.17, 15) is 13.2 Å². The highest BCUT2D eigenvalue weighted by Gasteiger charge is 2.32. The molecule has 0 spiro atoms. The third kappa shape index (κ3) is 4.87. The maximum Gasteiger partial charge on any atom is 0.251 e. The number of sulfonamides is 1. The Bertz CT molecular complexity index is 748. The van der Waals surface area contributed by atoms with Crippen LogP contribution in [0.4, 0.5) is 0 Å². The average molecular weight is 396 g/mol. The van der Waals surface area contributed by atoms with Gasteiger partial charge in [-0.1, -0.05) is 0 Å². The lowest BCUT2D eigenvalue weighted by molar-refractivity contribution is -0.0440. The Kier molecular flexibility index (Phi) is 6.20. The zero-order chi connectivity index (χ0) is 19.6. The number of rotatable bonds is 4. The van der Waals surface area contributed by atoms with Crippen molar-refractivity contribution in [3.05, 3.63) is 29.8 Å². The molecule has 2 unspecified atom stereocenters. The van der Waals surface area contributed by atoms with Crippen LogP contribution in [0.25, 0.3) is 0 Å². The number of nitrogens with one attached hydrogen (secondary N) is 1. The van der Waals surface area contributed by atoms with Gasteiger partial charge in [-0.2, -0.15) is 4.31 Å². The monoisotopic (exact) mass is 395 g/mol. The average Bonchev–Trinajstić information content (AvgIpc) is 2.63. The van der Waals surface area contributed by atoms with Gasteiger partial charge < -0.3 is 15.8 Å². The Hall–Kier alpha value is -1.48. The maximum absolute atomic E-state index is 12.9. The van der Waals surface area contributed by atoms with Gasteiger partial charge in [-0.05, 0) is 63.8 Å². The topological polar surface area (TPSA) is 102 Å². The number of hydrogen-bond donors (Lipinski definition) is 2. The van der Waals surface area contributed by atoms with Crippen LogP contribution in [0.15, 0.2) is 29.2 Å². The zero-order valence-corrected chi connectivity index (χ0v) is 16.7. The molecule has 3 N–H and O–H groups in total. The first-order valence-electron chi connectivity index (χ1n) is 9.58. The molecule has 27 heavy (non-hydrogen) atoms. The smallest absolute Gasteiger partial charge is 0.251 e. The summed E-state index contributed by atoms with van der Waals surface area (Å²) in [6.07, 6.45) is 3.31. The van der Waals surface area contributed by atoms with Crippen LogP contribution in [0.5, 0.6) is 0 Å². The van der Waals surface area contributed by atoms with E-state index in [0.29, 0.717) is 18.7 Å². The minimum Gasteiger partial charge on any atom is -0.373 e. The van der Waals surface area contributed by atoms with Crippen molar-refractivity contribution >= 4 is 15.9 Å². The molecular weight excluding hydrogens is 366 g/mol. The highest BCUT2D eigenvalue weighted by Crippen LogP contribution is 2.22. The van der Waals surface area contributed by atoms with E-state index in [0.717, 1.165) is 25.7 Å². The summed E-state index contributed by atoms with van der Waals surface area (Å²) in [7, 11) is -3.60. The first-order chi connectivity index (χ1) is 12.8. The number of hydrogen-bond acceptors (Lipinski definition) is 5. The van der Waals surface area contributed by atoms with E-state index >= 15 is 0 Å². The van der Waals surface area contributed by atoms with E-state index in [4.69, 9.17) is 10.5 Å². The van der Waals surface area contributed by atoms with E-state index < -0.39 is 10.0 Å². The molecule has 8 heteroatoms. The van der Waals surface area contributed by atoms with Gasteiger partial charge in [0, 0.05) is 30.7 Å². The van der Waals surface area contributed by atoms with Crippen LogP contribution in [0.1, 0.15) is 49.9 Å². The third-order valence-corrected chi connectivity index (χ3v) is 7.09. The van der Waals surface area contributed by atoms with Gasteiger partial charge in [0.2, 0.25) is 10.0 Å². The molecular formula is C19H29N3O4S. The van der Waals surface area contributed by atoms with Gasteiger partial charge in [0.1, 0.15) is 0 Å². The van der Waals surface area contributed by atoms with Crippen molar-refractivity contribution in [2.75, 3.05) is 13.1 Å². The fourth-order valence-electron chi connectivity index (χ4n) is 3.79. The molecule has 2 aliphatic rings. The van der Waals surface area contributed by atoms with Crippen LogP contribution in [0.2, 0.25) is 0 Å². The van der Waals surface area contributed by atoms with Crippen molar-refractivity contribution in [3.8, 4) is 0 Å². The Morgan fingerprint density at radius 2 is 1.63 bits per heavy atom. The third-order valence-electron chi connectivity index (χ3n) is 5.25. The number of morpholine rings is 1. The molecule has 1 amide bonds. The Morgan fingerprint density at radius 1 is 1.07 bits per heavy atom. The lowest BCUT2D eigenvalue weighted by Gasteiger charge is -2.34. The van der Waals surface area contributed by atoms with Crippen LogP contribution in [-0.4, -0.2) is 56.0 Å². The minimum absolute atomic E-state index is 0.136. The second-order valence-corrected chi connectivity index (χ2v) is 9.63. The van der Waals surface area contributed by atoms with Gasteiger partial charge in [0.15, 0.2) is 0 Å². The predicted octanol–water partition coefficient (Wildman–Crippen LogP) is 1.48. The van der Waals surface area contributed by atoms with Gasteiger partial charge >= 0.3 is 0 Å². The van der Waals surface area contributed by atoms with Gasteiger partial charge in [-0.15, -0.1) is 0 Å². The first kappa shape index (κ1) is 20.3. The molecule has 1 heterocycles. The largest absolute Gasteiger partial charge is 0.373 e. The van der Waals surface area contributed by atoms with E-state index in [1.807, 2.05) is 13.8 Å². The molecule has 1 aromatic carbocycles. The lowest BCUT2D eigenvalue weighted by Crippen LogP contribution is -2.48. The fraction of sp³-hybridized carbons (Fsp3) is 0.632. The van der Waals surface area contributed by atoms with Crippen molar-refractivity contribution in [1.29, 1.82) is 0 Å². The van der Waals surface area contributed by atoms with Crippen molar-refractivity contribution in [2.45, 2.75) is 68.7 Å². The van der Waals surface area contributed by atoms with Gasteiger partial charge in [0.05, 0.1) is 17.1 Å². The summed E-state index contributed by atoms with van der Waals surface area (Å²) < 4.78 is 32.8. The van der Waals surface area contributed by atoms with E-state index in [1.54, 1.807) is 12.1 Å². The number of nitrogens with zero attached hydrogens (tertiary/aromatic N) is 1. The van der Waals surface area contributed by atoms with Crippen molar-refractivity contribution in [3.63, 3.8) is 0 Å². The maximum atomic E-state index is 12.9. The summed E-state index contributed by atoms with van der Waals surface area (Å²) in [6, 6.07) is 6.52. The number of ether oxygens (including phenoxy) is 1. The number of carbonyl (C=O) groups excluding carboxylic acids is 1. The van der Waals surface area contributed by atoms with Crippen LogP contribution in [0.3, 0.4) is 0 Å². The standard InChI is InChI=1S/C19H29N3O4S/c1-13-11-22(12-14(2)26-13)27(24,25)18-9-3-15(4-10-18)19(23)21-17-7-5-16(20)6-8-17/h3-4,9-10,13-14,16-17H,5-8,11-12,20H2,1-2H3,(H,21,23). The summed E-state index contributed by atoms with van der Waals surface area (Å²) in [4.78, 5) is 12.6. The molecule has 1 saturated heterocycles. The molecule has 150 valence electrons. The molecule has 0 radical (unpaired) electrons.